The zero-order chi connectivity index (χ0) is 14.2. The van der Waals surface area contributed by atoms with E-state index in [-0.39, 0.29) is 0 Å². The third-order valence-electron chi connectivity index (χ3n) is 3.94. The highest BCUT2D eigenvalue weighted by Gasteiger charge is 2.41. The molecule has 2 atom stereocenters. The summed E-state index contributed by atoms with van der Waals surface area (Å²) in [7, 11) is 0. The normalized spacial score (nSPS) is 20.4. The van der Waals surface area contributed by atoms with Crippen LogP contribution in [0.15, 0.2) is 54.9 Å². The van der Waals surface area contributed by atoms with Crippen molar-refractivity contribution in [3.8, 4) is 11.4 Å². The first-order valence-electron chi connectivity index (χ1n) is 6.97. The lowest BCUT2D eigenvalue weighted by molar-refractivity contribution is 0.711. The molecular weight excluding hydrogens is 280 g/mol. The van der Waals surface area contributed by atoms with E-state index in [4.69, 9.17) is 12.2 Å². The van der Waals surface area contributed by atoms with E-state index in [2.05, 4.69) is 44.0 Å². The predicted molar refractivity (Wildman–Crippen MR) is 83.5 cm³/mol. The van der Waals surface area contributed by atoms with Crippen LogP contribution < -0.4 is 0 Å². The van der Waals surface area contributed by atoms with Crippen LogP contribution in [0.25, 0.3) is 11.4 Å². The maximum Gasteiger partial charge on any atom is 0.195 e. The molecule has 1 saturated carbocycles. The number of aromatic nitrogens is 4. The molecule has 0 spiro atoms. The van der Waals surface area contributed by atoms with Gasteiger partial charge in [0.05, 0.1) is 0 Å². The van der Waals surface area contributed by atoms with Gasteiger partial charge in [0.2, 0.25) is 0 Å². The molecule has 4 rings (SSSR count). The van der Waals surface area contributed by atoms with E-state index in [0.29, 0.717) is 16.7 Å². The summed E-state index contributed by atoms with van der Waals surface area (Å²) in [5.74, 6) is 1.39. The van der Waals surface area contributed by atoms with Gasteiger partial charge in [0, 0.05) is 29.9 Å². The second-order valence-electron chi connectivity index (χ2n) is 5.28. The van der Waals surface area contributed by atoms with Crippen LogP contribution in [0.4, 0.5) is 0 Å². The fraction of sp³-hybridized carbons (Fsp3) is 0.188. The van der Waals surface area contributed by atoms with Crippen LogP contribution in [0.1, 0.15) is 23.9 Å². The Morgan fingerprint density at radius 3 is 2.76 bits per heavy atom. The lowest BCUT2D eigenvalue weighted by atomic mass is 10.1. The number of pyridine rings is 1. The molecule has 2 heterocycles. The first kappa shape index (κ1) is 12.5. The number of benzene rings is 1. The van der Waals surface area contributed by atoms with Gasteiger partial charge in [-0.15, -0.1) is 0 Å². The first-order valence-corrected chi connectivity index (χ1v) is 7.37. The zero-order valence-electron chi connectivity index (χ0n) is 11.3. The average molecular weight is 294 g/mol. The minimum Gasteiger partial charge on any atom is -0.296 e. The van der Waals surface area contributed by atoms with Crippen molar-refractivity contribution in [3.05, 3.63) is 65.2 Å². The summed E-state index contributed by atoms with van der Waals surface area (Å²) in [5.41, 5.74) is 2.35. The molecule has 1 N–H and O–H groups in total. The van der Waals surface area contributed by atoms with Crippen LogP contribution in [0.2, 0.25) is 0 Å². The van der Waals surface area contributed by atoms with Crippen molar-refractivity contribution < 1.29 is 0 Å². The molecule has 104 valence electrons. The highest BCUT2D eigenvalue weighted by molar-refractivity contribution is 7.71. The van der Waals surface area contributed by atoms with E-state index in [1.54, 1.807) is 6.20 Å². The van der Waals surface area contributed by atoms with Gasteiger partial charge in [-0.05, 0) is 36.3 Å². The van der Waals surface area contributed by atoms with Crippen molar-refractivity contribution >= 4 is 12.2 Å². The largest absolute Gasteiger partial charge is 0.296 e. The SMILES string of the molecule is S=c1[nH]nc(-c2cccnc2)n1C1CC1c1ccccc1. The molecule has 1 fully saturated rings. The highest BCUT2D eigenvalue weighted by atomic mass is 32.1. The Hall–Kier alpha value is -2.27. The lowest BCUT2D eigenvalue weighted by Crippen LogP contribution is -2.00. The van der Waals surface area contributed by atoms with Gasteiger partial charge in [-0.3, -0.25) is 14.6 Å². The van der Waals surface area contributed by atoms with E-state index in [1.807, 2.05) is 24.4 Å². The fourth-order valence-corrected chi connectivity index (χ4v) is 3.10. The van der Waals surface area contributed by atoms with Gasteiger partial charge in [0.1, 0.15) is 0 Å². The van der Waals surface area contributed by atoms with Crippen LogP contribution in [-0.2, 0) is 0 Å². The van der Waals surface area contributed by atoms with E-state index in [1.165, 1.54) is 5.56 Å². The second-order valence-corrected chi connectivity index (χ2v) is 5.67. The predicted octanol–water partition coefficient (Wildman–Crippen LogP) is 3.73. The first-order chi connectivity index (χ1) is 10.3. The third-order valence-corrected chi connectivity index (χ3v) is 4.23. The Kier molecular flexibility index (Phi) is 2.93. The molecule has 1 aliphatic rings. The Morgan fingerprint density at radius 1 is 1.14 bits per heavy atom. The zero-order valence-corrected chi connectivity index (χ0v) is 12.1. The standard InChI is InChI=1S/C16H14N4S/c21-16-19-18-15(12-7-4-8-17-10-12)20(16)14-9-13(14)11-5-2-1-3-6-11/h1-8,10,13-14H,9H2,(H,19,21). The van der Waals surface area contributed by atoms with Crippen LogP contribution >= 0.6 is 12.2 Å². The number of aromatic amines is 1. The van der Waals surface area contributed by atoms with Gasteiger partial charge in [-0.25, -0.2) is 0 Å². The van der Waals surface area contributed by atoms with Gasteiger partial charge < -0.3 is 0 Å². The second kappa shape index (κ2) is 4.93. The number of hydrogen-bond donors (Lipinski definition) is 1. The Labute approximate surface area is 127 Å². The minimum atomic E-state index is 0.383. The molecule has 0 bridgehead atoms. The van der Waals surface area contributed by atoms with E-state index < -0.39 is 0 Å². The molecule has 2 unspecified atom stereocenters. The summed E-state index contributed by atoms with van der Waals surface area (Å²) in [6.07, 6.45) is 4.69. The van der Waals surface area contributed by atoms with Crippen LogP contribution in [-0.4, -0.2) is 19.7 Å². The fourth-order valence-electron chi connectivity index (χ4n) is 2.84. The Bertz CT molecular complexity index is 807. The molecule has 4 nitrogen and oxygen atoms in total. The van der Waals surface area contributed by atoms with Gasteiger partial charge in [-0.2, -0.15) is 5.10 Å². The van der Waals surface area contributed by atoms with Gasteiger partial charge in [0.15, 0.2) is 10.6 Å². The highest BCUT2D eigenvalue weighted by Crippen LogP contribution is 2.52. The summed E-state index contributed by atoms with van der Waals surface area (Å²) in [6, 6.07) is 14.9. The summed E-state index contributed by atoms with van der Waals surface area (Å²) < 4.78 is 2.81. The minimum absolute atomic E-state index is 0.383. The number of H-pyrrole nitrogens is 1. The summed E-state index contributed by atoms with van der Waals surface area (Å²) >= 11 is 5.42. The summed E-state index contributed by atoms with van der Waals surface area (Å²) in [6.45, 7) is 0. The Morgan fingerprint density at radius 2 is 2.00 bits per heavy atom. The van der Waals surface area contributed by atoms with Crippen molar-refractivity contribution in [1.82, 2.24) is 19.7 Å². The van der Waals surface area contributed by atoms with Crippen molar-refractivity contribution in [2.75, 3.05) is 0 Å². The molecule has 0 saturated heterocycles. The number of nitrogens with one attached hydrogen (secondary N) is 1. The quantitative estimate of drug-likeness (QED) is 0.749. The van der Waals surface area contributed by atoms with Crippen molar-refractivity contribution in [3.63, 3.8) is 0 Å². The van der Waals surface area contributed by atoms with Crippen molar-refractivity contribution in [2.24, 2.45) is 0 Å². The maximum atomic E-state index is 5.42. The summed E-state index contributed by atoms with van der Waals surface area (Å²) in [4.78, 5) is 4.17. The van der Waals surface area contributed by atoms with E-state index >= 15 is 0 Å². The lowest BCUT2D eigenvalue weighted by Gasteiger charge is -2.06. The van der Waals surface area contributed by atoms with E-state index in [9.17, 15) is 0 Å². The number of hydrogen-bond acceptors (Lipinski definition) is 3. The molecule has 1 aliphatic carbocycles. The summed E-state index contributed by atoms with van der Waals surface area (Å²) in [5, 5.41) is 7.30. The topological polar surface area (TPSA) is 46.5 Å². The van der Waals surface area contributed by atoms with Crippen LogP contribution in [0.5, 0.6) is 0 Å². The van der Waals surface area contributed by atoms with E-state index in [0.717, 1.165) is 17.8 Å². The van der Waals surface area contributed by atoms with Crippen LogP contribution in [0.3, 0.4) is 0 Å². The molecule has 21 heavy (non-hydrogen) atoms. The van der Waals surface area contributed by atoms with Crippen molar-refractivity contribution in [2.45, 2.75) is 18.4 Å². The molecule has 0 aliphatic heterocycles. The number of nitrogens with zero attached hydrogens (tertiary/aromatic N) is 3. The van der Waals surface area contributed by atoms with Gasteiger partial charge in [-0.1, -0.05) is 30.3 Å². The smallest absolute Gasteiger partial charge is 0.195 e. The maximum absolute atomic E-state index is 5.42. The molecule has 2 aromatic heterocycles. The number of rotatable bonds is 3. The van der Waals surface area contributed by atoms with Crippen LogP contribution in [0, 0.1) is 4.77 Å². The monoisotopic (exact) mass is 294 g/mol. The molecular formula is C16H14N4S. The average Bonchev–Trinajstić information content (AvgIpc) is 3.24. The van der Waals surface area contributed by atoms with Gasteiger partial charge in [0.25, 0.3) is 0 Å². The molecule has 1 aromatic carbocycles. The van der Waals surface area contributed by atoms with Gasteiger partial charge >= 0.3 is 0 Å². The molecule has 3 aromatic rings. The molecule has 0 radical (unpaired) electrons. The molecule has 0 amide bonds. The third kappa shape index (κ3) is 2.19. The molecule has 5 heteroatoms. The van der Waals surface area contributed by atoms with Crippen molar-refractivity contribution in [1.29, 1.82) is 0 Å². The Balaban J connectivity index is 1.72.